The van der Waals surface area contributed by atoms with E-state index in [9.17, 15) is 0 Å². The summed E-state index contributed by atoms with van der Waals surface area (Å²) in [5, 5.41) is 3.76. The summed E-state index contributed by atoms with van der Waals surface area (Å²) in [6.07, 6.45) is 2.77. The number of nitrogens with zero attached hydrogens (tertiary/aromatic N) is 1. The molecule has 2 fully saturated rings. The highest BCUT2D eigenvalue weighted by atomic mass is 16.5. The molecule has 22 heavy (non-hydrogen) atoms. The summed E-state index contributed by atoms with van der Waals surface area (Å²) >= 11 is 0. The summed E-state index contributed by atoms with van der Waals surface area (Å²) in [4.78, 5) is 2.50. The van der Waals surface area contributed by atoms with Crippen molar-refractivity contribution in [2.24, 2.45) is 0 Å². The van der Waals surface area contributed by atoms with Crippen molar-refractivity contribution in [2.75, 3.05) is 46.0 Å². The van der Waals surface area contributed by atoms with Crippen LogP contribution in [0.2, 0.25) is 0 Å². The highest BCUT2D eigenvalue weighted by molar-refractivity contribution is 5.29. The minimum atomic E-state index is 0.364. The SMILES string of the molecule is Cc1ccccc1[C@H](CN1CCOCC1)NC[C@@H]1CCCO1. The van der Waals surface area contributed by atoms with Gasteiger partial charge in [-0.05, 0) is 30.9 Å². The van der Waals surface area contributed by atoms with Crippen LogP contribution in [-0.4, -0.2) is 57.0 Å². The Kier molecular flexibility index (Phi) is 5.84. The molecule has 0 saturated carbocycles. The summed E-state index contributed by atoms with van der Waals surface area (Å²) in [7, 11) is 0. The van der Waals surface area contributed by atoms with E-state index in [0.29, 0.717) is 12.1 Å². The maximum atomic E-state index is 5.76. The third-order valence-electron chi connectivity index (χ3n) is 4.72. The molecule has 2 heterocycles. The monoisotopic (exact) mass is 304 g/mol. The second-order valence-electron chi connectivity index (χ2n) is 6.37. The highest BCUT2D eigenvalue weighted by Crippen LogP contribution is 2.20. The molecule has 0 aromatic heterocycles. The molecule has 0 amide bonds. The number of aryl methyl sites for hydroxylation is 1. The van der Waals surface area contributed by atoms with Crippen LogP contribution in [0.1, 0.15) is 30.0 Å². The number of rotatable bonds is 6. The fraction of sp³-hybridized carbons (Fsp3) is 0.667. The van der Waals surface area contributed by atoms with E-state index in [4.69, 9.17) is 9.47 Å². The van der Waals surface area contributed by atoms with Crippen LogP contribution >= 0.6 is 0 Å². The molecule has 0 unspecified atom stereocenters. The molecule has 0 aliphatic carbocycles. The van der Waals surface area contributed by atoms with Crippen molar-refractivity contribution in [1.29, 1.82) is 0 Å². The fourth-order valence-corrected chi connectivity index (χ4v) is 3.37. The maximum Gasteiger partial charge on any atom is 0.0700 e. The van der Waals surface area contributed by atoms with Gasteiger partial charge in [-0.2, -0.15) is 0 Å². The van der Waals surface area contributed by atoms with Gasteiger partial charge in [0.05, 0.1) is 19.3 Å². The number of hydrogen-bond donors (Lipinski definition) is 1. The highest BCUT2D eigenvalue weighted by Gasteiger charge is 2.22. The van der Waals surface area contributed by atoms with Crippen LogP contribution in [0, 0.1) is 6.92 Å². The van der Waals surface area contributed by atoms with Crippen molar-refractivity contribution >= 4 is 0 Å². The van der Waals surface area contributed by atoms with Crippen molar-refractivity contribution in [3.8, 4) is 0 Å². The quantitative estimate of drug-likeness (QED) is 0.873. The number of morpholine rings is 1. The van der Waals surface area contributed by atoms with Gasteiger partial charge in [-0.1, -0.05) is 24.3 Å². The van der Waals surface area contributed by atoms with E-state index in [2.05, 4.69) is 41.4 Å². The average Bonchev–Trinajstić information content (AvgIpc) is 3.06. The number of benzene rings is 1. The summed E-state index contributed by atoms with van der Waals surface area (Å²) in [5.74, 6) is 0. The van der Waals surface area contributed by atoms with Gasteiger partial charge in [0.15, 0.2) is 0 Å². The number of nitrogens with one attached hydrogen (secondary N) is 1. The molecule has 2 aliphatic rings. The second kappa shape index (κ2) is 8.06. The van der Waals surface area contributed by atoms with Gasteiger partial charge in [-0.15, -0.1) is 0 Å². The molecule has 2 atom stereocenters. The van der Waals surface area contributed by atoms with Crippen molar-refractivity contribution in [3.63, 3.8) is 0 Å². The Labute approximate surface area is 133 Å². The Morgan fingerprint density at radius 2 is 2.05 bits per heavy atom. The summed E-state index contributed by atoms with van der Waals surface area (Å²) in [6, 6.07) is 9.08. The predicted octanol–water partition coefficient (Wildman–Crippen LogP) is 2.14. The molecule has 4 nitrogen and oxygen atoms in total. The van der Waals surface area contributed by atoms with E-state index in [1.807, 2.05) is 0 Å². The minimum absolute atomic E-state index is 0.364. The zero-order chi connectivity index (χ0) is 15.2. The van der Waals surface area contributed by atoms with Crippen molar-refractivity contribution in [1.82, 2.24) is 10.2 Å². The van der Waals surface area contributed by atoms with E-state index in [1.165, 1.54) is 24.0 Å². The van der Waals surface area contributed by atoms with Crippen molar-refractivity contribution in [3.05, 3.63) is 35.4 Å². The molecule has 0 bridgehead atoms. The smallest absolute Gasteiger partial charge is 0.0700 e. The predicted molar refractivity (Wildman–Crippen MR) is 88.2 cm³/mol. The molecule has 4 heteroatoms. The van der Waals surface area contributed by atoms with Gasteiger partial charge in [0.2, 0.25) is 0 Å². The minimum Gasteiger partial charge on any atom is -0.379 e. The molecule has 122 valence electrons. The van der Waals surface area contributed by atoms with Crippen LogP contribution in [-0.2, 0) is 9.47 Å². The normalized spacial score (nSPS) is 24.5. The molecular weight excluding hydrogens is 276 g/mol. The van der Waals surface area contributed by atoms with Gasteiger partial charge in [-0.25, -0.2) is 0 Å². The summed E-state index contributed by atoms with van der Waals surface area (Å²) < 4.78 is 11.2. The van der Waals surface area contributed by atoms with Crippen molar-refractivity contribution < 1.29 is 9.47 Å². The van der Waals surface area contributed by atoms with Crippen LogP contribution in [0.3, 0.4) is 0 Å². The molecule has 1 N–H and O–H groups in total. The molecular formula is C18H28N2O2. The largest absolute Gasteiger partial charge is 0.379 e. The van der Waals surface area contributed by atoms with Crippen LogP contribution < -0.4 is 5.32 Å². The summed E-state index contributed by atoms with van der Waals surface area (Å²) in [6.45, 7) is 8.89. The van der Waals surface area contributed by atoms with Crippen molar-refractivity contribution in [2.45, 2.75) is 31.9 Å². The zero-order valence-corrected chi connectivity index (χ0v) is 13.6. The lowest BCUT2D eigenvalue weighted by Crippen LogP contribution is -2.43. The van der Waals surface area contributed by atoms with Crippen LogP contribution in [0.25, 0.3) is 0 Å². The number of hydrogen-bond acceptors (Lipinski definition) is 4. The lowest BCUT2D eigenvalue weighted by Gasteiger charge is -2.32. The molecule has 2 saturated heterocycles. The third kappa shape index (κ3) is 4.29. The third-order valence-corrected chi connectivity index (χ3v) is 4.72. The Morgan fingerprint density at radius 1 is 1.23 bits per heavy atom. The zero-order valence-electron chi connectivity index (χ0n) is 13.6. The Morgan fingerprint density at radius 3 is 2.77 bits per heavy atom. The molecule has 1 aromatic carbocycles. The van der Waals surface area contributed by atoms with E-state index >= 15 is 0 Å². The molecule has 3 rings (SSSR count). The van der Waals surface area contributed by atoms with Gasteiger partial charge >= 0.3 is 0 Å². The fourth-order valence-electron chi connectivity index (χ4n) is 3.37. The lowest BCUT2D eigenvalue weighted by molar-refractivity contribution is 0.0321. The van der Waals surface area contributed by atoms with Crippen LogP contribution in [0.5, 0.6) is 0 Å². The molecule has 0 spiro atoms. The average molecular weight is 304 g/mol. The molecule has 2 aliphatic heterocycles. The molecule has 1 aromatic rings. The topological polar surface area (TPSA) is 33.7 Å². The Bertz CT molecular complexity index is 454. The standard InChI is InChI=1S/C18H28N2O2/c1-15-5-2-3-7-17(15)18(14-20-8-11-21-12-9-20)19-13-16-6-4-10-22-16/h2-3,5,7,16,18-19H,4,6,8-14H2,1H3/t16-,18-/m0/s1. The Balaban J connectivity index is 1.65. The van der Waals surface area contributed by atoms with Gasteiger partial charge in [-0.3, -0.25) is 4.90 Å². The first kappa shape index (κ1) is 15.9. The van der Waals surface area contributed by atoms with Crippen LogP contribution in [0.15, 0.2) is 24.3 Å². The first-order chi connectivity index (χ1) is 10.8. The van der Waals surface area contributed by atoms with Gasteiger partial charge in [0.25, 0.3) is 0 Å². The van der Waals surface area contributed by atoms with E-state index in [0.717, 1.165) is 46.0 Å². The van der Waals surface area contributed by atoms with E-state index < -0.39 is 0 Å². The Hall–Kier alpha value is -0.940. The molecule has 0 radical (unpaired) electrons. The van der Waals surface area contributed by atoms with Gasteiger partial charge in [0.1, 0.15) is 0 Å². The summed E-state index contributed by atoms with van der Waals surface area (Å²) in [5.41, 5.74) is 2.77. The lowest BCUT2D eigenvalue weighted by atomic mass is 10.00. The van der Waals surface area contributed by atoms with Gasteiger partial charge in [0, 0.05) is 38.8 Å². The van der Waals surface area contributed by atoms with Gasteiger partial charge < -0.3 is 14.8 Å². The first-order valence-electron chi connectivity index (χ1n) is 8.53. The second-order valence-corrected chi connectivity index (χ2v) is 6.37. The maximum absolute atomic E-state index is 5.76. The van der Waals surface area contributed by atoms with E-state index in [-0.39, 0.29) is 0 Å². The first-order valence-corrected chi connectivity index (χ1v) is 8.53. The van der Waals surface area contributed by atoms with E-state index in [1.54, 1.807) is 0 Å². The van der Waals surface area contributed by atoms with Crippen LogP contribution in [0.4, 0.5) is 0 Å². The number of ether oxygens (including phenoxy) is 2.